The van der Waals surface area contributed by atoms with Crippen molar-refractivity contribution >= 4 is 17.0 Å². The zero-order valence-electron chi connectivity index (χ0n) is 14.2. The van der Waals surface area contributed by atoms with Crippen molar-refractivity contribution in [2.24, 2.45) is 7.05 Å². The van der Waals surface area contributed by atoms with E-state index in [-0.39, 0.29) is 0 Å². The number of piperidine rings is 1. The number of likely N-dealkylation sites (tertiary alicyclic amines) is 1. The van der Waals surface area contributed by atoms with Crippen LogP contribution >= 0.6 is 0 Å². The lowest BCUT2D eigenvalue weighted by atomic mass is 10.1. The van der Waals surface area contributed by atoms with Gasteiger partial charge in [-0.3, -0.25) is 0 Å². The number of aromatic nitrogens is 4. The number of aryl methyl sites for hydroxylation is 1. The van der Waals surface area contributed by atoms with Crippen LogP contribution in [0.3, 0.4) is 0 Å². The second kappa shape index (κ2) is 6.20. The summed E-state index contributed by atoms with van der Waals surface area (Å²) in [5, 5.41) is 3.63. The molecule has 6 nitrogen and oxygen atoms in total. The molecule has 0 aliphatic carbocycles. The summed E-state index contributed by atoms with van der Waals surface area (Å²) in [6, 6.07) is 6.49. The third-order valence-electron chi connectivity index (χ3n) is 4.66. The summed E-state index contributed by atoms with van der Waals surface area (Å²) in [6.45, 7) is 2.23. The van der Waals surface area contributed by atoms with Crippen molar-refractivity contribution in [3.05, 3.63) is 36.8 Å². The van der Waals surface area contributed by atoms with E-state index in [0.29, 0.717) is 6.04 Å². The van der Waals surface area contributed by atoms with E-state index in [4.69, 9.17) is 4.98 Å². The van der Waals surface area contributed by atoms with Crippen LogP contribution in [0.1, 0.15) is 12.8 Å². The fourth-order valence-corrected chi connectivity index (χ4v) is 3.47. The van der Waals surface area contributed by atoms with Gasteiger partial charge in [0.05, 0.1) is 13.2 Å². The van der Waals surface area contributed by atoms with E-state index in [0.717, 1.165) is 34.8 Å². The van der Waals surface area contributed by atoms with Crippen LogP contribution in [0.2, 0.25) is 0 Å². The number of likely N-dealkylation sites (N-methyl/N-ethyl adjacent to an activating group) is 1. The minimum atomic E-state index is 0.433. The molecular formula is C18H23N6+. The third kappa shape index (κ3) is 2.85. The molecule has 1 atom stereocenters. The number of H-pyrrole nitrogens is 1. The standard InChI is InChI=1S/C18H22N6/c1-23-10-4-5-13(11-23)21-17-14(6-3-8-19-17)16-12-24(2)18-15(22-16)7-9-20-18/h3,6-9,12-13H,4-5,10-11H2,1-2H3,(H,19,21)/p+1. The van der Waals surface area contributed by atoms with E-state index in [9.17, 15) is 0 Å². The highest BCUT2D eigenvalue weighted by Gasteiger charge is 2.20. The maximum absolute atomic E-state index is 4.79. The van der Waals surface area contributed by atoms with Crippen LogP contribution in [0.5, 0.6) is 0 Å². The van der Waals surface area contributed by atoms with Crippen LogP contribution < -0.4 is 9.88 Å². The van der Waals surface area contributed by atoms with Crippen molar-refractivity contribution < 1.29 is 4.57 Å². The molecule has 0 bridgehead atoms. The second-order valence-electron chi connectivity index (χ2n) is 6.59. The van der Waals surface area contributed by atoms with Crippen molar-refractivity contribution in [2.75, 3.05) is 25.5 Å². The molecule has 0 radical (unpaired) electrons. The van der Waals surface area contributed by atoms with E-state index >= 15 is 0 Å². The highest BCUT2D eigenvalue weighted by atomic mass is 15.2. The summed E-state index contributed by atoms with van der Waals surface area (Å²) in [4.78, 5) is 15.0. The molecule has 0 spiro atoms. The Morgan fingerprint density at radius 1 is 1.38 bits per heavy atom. The van der Waals surface area contributed by atoms with Crippen LogP contribution in [0, 0.1) is 0 Å². The van der Waals surface area contributed by atoms with Gasteiger partial charge in [-0.25, -0.2) is 19.5 Å². The average molecular weight is 323 g/mol. The maximum atomic E-state index is 4.79. The minimum absolute atomic E-state index is 0.433. The first kappa shape index (κ1) is 15.1. The van der Waals surface area contributed by atoms with E-state index in [1.54, 1.807) is 0 Å². The molecule has 6 heteroatoms. The van der Waals surface area contributed by atoms with E-state index in [1.165, 1.54) is 19.4 Å². The molecule has 1 aliphatic heterocycles. The van der Waals surface area contributed by atoms with Gasteiger partial charge < -0.3 is 10.2 Å². The van der Waals surface area contributed by atoms with Crippen molar-refractivity contribution in [1.29, 1.82) is 0 Å². The van der Waals surface area contributed by atoms with Crippen LogP contribution in [0.15, 0.2) is 36.8 Å². The van der Waals surface area contributed by atoms with Crippen LogP contribution in [-0.4, -0.2) is 46.0 Å². The predicted octanol–water partition coefficient (Wildman–Crippen LogP) is 1.96. The Hall–Kier alpha value is -2.47. The zero-order valence-corrected chi connectivity index (χ0v) is 14.2. The normalized spacial score (nSPS) is 18.8. The fourth-order valence-electron chi connectivity index (χ4n) is 3.47. The van der Waals surface area contributed by atoms with Crippen LogP contribution in [-0.2, 0) is 7.05 Å². The molecule has 0 aromatic carbocycles. The lowest BCUT2D eigenvalue weighted by Crippen LogP contribution is -2.40. The molecule has 3 aromatic heterocycles. The Kier molecular flexibility index (Phi) is 3.90. The number of fused-ring (bicyclic) bond motifs is 1. The number of aromatic amines is 1. The van der Waals surface area contributed by atoms with Gasteiger partial charge in [-0.05, 0) is 38.6 Å². The lowest BCUT2D eigenvalue weighted by molar-refractivity contribution is -0.646. The molecule has 0 saturated carbocycles. The molecule has 1 unspecified atom stereocenters. The van der Waals surface area contributed by atoms with Gasteiger partial charge in [-0.2, -0.15) is 0 Å². The van der Waals surface area contributed by atoms with Crippen molar-refractivity contribution in [1.82, 2.24) is 19.9 Å². The second-order valence-corrected chi connectivity index (χ2v) is 6.59. The van der Waals surface area contributed by atoms with Gasteiger partial charge in [-0.1, -0.05) is 0 Å². The molecule has 3 aromatic rings. The monoisotopic (exact) mass is 323 g/mol. The third-order valence-corrected chi connectivity index (χ3v) is 4.66. The summed E-state index contributed by atoms with van der Waals surface area (Å²) in [7, 11) is 4.21. The molecule has 2 N–H and O–H groups in total. The fraction of sp³-hybridized carbons (Fsp3) is 0.389. The summed E-state index contributed by atoms with van der Waals surface area (Å²) < 4.78 is 2.07. The van der Waals surface area contributed by atoms with Gasteiger partial charge in [0.1, 0.15) is 17.7 Å². The van der Waals surface area contributed by atoms with E-state index in [1.807, 2.05) is 37.8 Å². The first-order valence-electron chi connectivity index (χ1n) is 8.45. The molecule has 0 amide bonds. The molecule has 1 fully saturated rings. The highest BCUT2D eigenvalue weighted by Crippen LogP contribution is 2.26. The summed E-state index contributed by atoms with van der Waals surface area (Å²) in [5.41, 5.74) is 3.96. The Morgan fingerprint density at radius 2 is 2.29 bits per heavy atom. The predicted molar refractivity (Wildman–Crippen MR) is 94.6 cm³/mol. The van der Waals surface area contributed by atoms with E-state index < -0.39 is 0 Å². The van der Waals surface area contributed by atoms with Crippen LogP contribution in [0.4, 0.5) is 5.82 Å². The quantitative estimate of drug-likeness (QED) is 0.723. The van der Waals surface area contributed by atoms with Crippen LogP contribution in [0.25, 0.3) is 22.4 Å². The number of rotatable bonds is 3. The Bertz CT molecular complexity index is 856. The number of nitrogens with one attached hydrogen (secondary N) is 2. The number of pyridine rings is 1. The molecular weight excluding hydrogens is 300 g/mol. The van der Waals surface area contributed by atoms with Gasteiger partial charge in [0.2, 0.25) is 0 Å². The van der Waals surface area contributed by atoms with Gasteiger partial charge in [0, 0.05) is 30.4 Å². The number of anilines is 1. The number of hydrogen-bond donors (Lipinski definition) is 2. The smallest absolute Gasteiger partial charge is 0.305 e. The van der Waals surface area contributed by atoms with Gasteiger partial charge in [0.25, 0.3) is 0 Å². The van der Waals surface area contributed by atoms with Gasteiger partial charge >= 0.3 is 5.65 Å². The Labute approximate surface area is 141 Å². The van der Waals surface area contributed by atoms with Crippen molar-refractivity contribution in [3.63, 3.8) is 0 Å². The lowest BCUT2D eigenvalue weighted by Gasteiger charge is -2.30. The molecule has 124 valence electrons. The topological polar surface area (TPSA) is 60.7 Å². The number of hydrogen-bond acceptors (Lipinski definition) is 4. The molecule has 24 heavy (non-hydrogen) atoms. The van der Waals surface area contributed by atoms with Crippen molar-refractivity contribution in [2.45, 2.75) is 18.9 Å². The summed E-state index contributed by atoms with van der Waals surface area (Å²) in [5.74, 6) is 0.917. The first-order chi connectivity index (χ1) is 11.7. The largest absolute Gasteiger partial charge is 0.365 e. The Balaban J connectivity index is 1.69. The summed E-state index contributed by atoms with van der Waals surface area (Å²) in [6.07, 6.45) is 8.21. The Morgan fingerprint density at radius 3 is 3.17 bits per heavy atom. The summed E-state index contributed by atoms with van der Waals surface area (Å²) >= 11 is 0. The van der Waals surface area contributed by atoms with Gasteiger partial charge in [-0.15, -0.1) is 0 Å². The van der Waals surface area contributed by atoms with Crippen molar-refractivity contribution in [3.8, 4) is 11.3 Å². The van der Waals surface area contributed by atoms with Gasteiger partial charge in [0.15, 0.2) is 5.52 Å². The molecule has 4 rings (SSSR count). The zero-order chi connectivity index (χ0) is 16.5. The number of nitrogens with zero attached hydrogens (tertiary/aromatic N) is 4. The average Bonchev–Trinajstić information content (AvgIpc) is 3.04. The molecule has 4 heterocycles. The van der Waals surface area contributed by atoms with E-state index in [2.05, 4.69) is 37.9 Å². The minimum Gasteiger partial charge on any atom is -0.365 e. The SMILES string of the molecule is CN1CCCC(Nc2ncccc2-c2c[n+](C)c3[nH]ccc3n2)C1. The maximum Gasteiger partial charge on any atom is 0.305 e. The highest BCUT2D eigenvalue weighted by molar-refractivity contribution is 5.76. The molecule has 1 aliphatic rings. The molecule has 1 saturated heterocycles. The first-order valence-corrected chi connectivity index (χ1v) is 8.45.